The molecule has 5 nitrogen and oxygen atoms in total. The Labute approximate surface area is 189 Å². The quantitative estimate of drug-likeness (QED) is 0.420. The van der Waals surface area contributed by atoms with E-state index >= 15 is 0 Å². The van der Waals surface area contributed by atoms with Gasteiger partial charge in [-0.2, -0.15) is 0 Å². The van der Waals surface area contributed by atoms with Gasteiger partial charge in [0.05, 0.1) is 5.56 Å². The van der Waals surface area contributed by atoms with Crippen LogP contribution in [0.3, 0.4) is 0 Å². The highest BCUT2D eigenvalue weighted by Crippen LogP contribution is 2.31. The highest BCUT2D eigenvalue weighted by molar-refractivity contribution is 7.15. The van der Waals surface area contributed by atoms with Crippen molar-refractivity contribution in [1.82, 2.24) is 4.98 Å². The Bertz CT molecular complexity index is 1270. The van der Waals surface area contributed by atoms with E-state index in [1.54, 1.807) is 24.4 Å². The van der Waals surface area contributed by atoms with Crippen LogP contribution in [0.5, 0.6) is 0 Å². The number of amides is 1. The SMILES string of the molecule is O=C(Nc1ncc(Cc2ccccc2)s1)c1ccc2c(c1)C[C@H](c1ccccc1)OC2=O. The number of anilines is 1. The third-order valence-corrected chi connectivity index (χ3v) is 6.32. The minimum absolute atomic E-state index is 0.247. The van der Waals surface area contributed by atoms with E-state index in [9.17, 15) is 9.59 Å². The molecule has 1 aliphatic heterocycles. The van der Waals surface area contributed by atoms with Gasteiger partial charge in [0, 0.05) is 29.5 Å². The normalized spacial score (nSPS) is 15.0. The predicted octanol–water partition coefficient (Wildman–Crippen LogP) is 5.44. The first-order valence-corrected chi connectivity index (χ1v) is 11.2. The van der Waals surface area contributed by atoms with Crippen LogP contribution in [0.1, 0.15) is 48.4 Å². The number of carbonyl (C=O) groups excluding carboxylic acids is 2. The average molecular weight is 441 g/mol. The number of rotatable bonds is 5. The van der Waals surface area contributed by atoms with E-state index in [1.807, 2.05) is 48.5 Å². The van der Waals surface area contributed by atoms with Gasteiger partial charge in [-0.05, 0) is 34.9 Å². The van der Waals surface area contributed by atoms with Crippen LogP contribution in [0.25, 0.3) is 0 Å². The Kier molecular flexibility index (Phi) is 5.52. The lowest BCUT2D eigenvalue weighted by Gasteiger charge is -2.25. The summed E-state index contributed by atoms with van der Waals surface area (Å²) in [5, 5.41) is 3.43. The van der Waals surface area contributed by atoms with E-state index in [1.165, 1.54) is 16.9 Å². The van der Waals surface area contributed by atoms with E-state index in [4.69, 9.17) is 4.74 Å². The van der Waals surface area contributed by atoms with Crippen LogP contribution < -0.4 is 5.32 Å². The lowest BCUT2D eigenvalue weighted by atomic mass is 9.93. The van der Waals surface area contributed by atoms with Gasteiger partial charge in [0.1, 0.15) is 6.10 Å². The lowest BCUT2D eigenvalue weighted by Crippen LogP contribution is -2.23. The van der Waals surface area contributed by atoms with Gasteiger partial charge in [0.15, 0.2) is 5.13 Å². The summed E-state index contributed by atoms with van der Waals surface area (Å²) in [7, 11) is 0. The number of carbonyl (C=O) groups is 2. The number of thiazole rings is 1. The maximum atomic E-state index is 12.8. The number of hydrogen-bond acceptors (Lipinski definition) is 5. The zero-order chi connectivity index (χ0) is 21.9. The molecule has 6 heteroatoms. The third-order valence-electron chi connectivity index (χ3n) is 5.41. The van der Waals surface area contributed by atoms with Crippen LogP contribution in [0, 0.1) is 0 Å². The van der Waals surface area contributed by atoms with Gasteiger partial charge in [-0.3, -0.25) is 10.1 Å². The predicted molar refractivity (Wildman–Crippen MR) is 124 cm³/mol. The molecule has 1 aromatic heterocycles. The second kappa shape index (κ2) is 8.77. The smallest absolute Gasteiger partial charge is 0.339 e. The summed E-state index contributed by atoms with van der Waals surface area (Å²) >= 11 is 1.46. The zero-order valence-electron chi connectivity index (χ0n) is 17.2. The molecule has 0 saturated carbocycles. The van der Waals surface area contributed by atoms with Crippen molar-refractivity contribution in [3.63, 3.8) is 0 Å². The summed E-state index contributed by atoms with van der Waals surface area (Å²) in [6.07, 6.45) is 2.75. The molecule has 1 aliphatic rings. The molecule has 1 atom stereocenters. The number of benzene rings is 3. The van der Waals surface area contributed by atoms with Crippen LogP contribution in [0.4, 0.5) is 5.13 Å². The molecule has 3 aromatic carbocycles. The number of esters is 1. The summed E-state index contributed by atoms with van der Waals surface area (Å²) in [4.78, 5) is 30.7. The first-order chi connectivity index (χ1) is 15.7. The average Bonchev–Trinajstić information content (AvgIpc) is 3.26. The van der Waals surface area contributed by atoms with Crippen molar-refractivity contribution in [3.05, 3.63) is 118 Å². The molecule has 0 fully saturated rings. The number of nitrogens with one attached hydrogen (secondary N) is 1. The van der Waals surface area contributed by atoms with Crippen molar-refractivity contribution in [2.45, 2.75) is 18.9 Å². The minimum atomic E-state index is -0.363. The Balaban J connectivity index is 1.31. The monoisotopic (exact) mass is 440 g/mol. The van der Waals surface area contributed by atoms with Crippen LogP contribution >= 0.6 is 11.3 Å². The van der Waals surface area contributed by atoms with Gasteiger partial charge < -0.3 is 4.74 Å². The van der Waals surface area contributed by atoms with Crippen molar-refractivity contribution in [2.24, 2.45) is 0 Å². The van der Waals surface area contributed by atoms with Crippen molar-refractivity contribution >= 4 is 28.3 Å². The summed E-state index contributed by atoms with van der Waals surface area (Å²) in [5.41, 5.74) is 3.95. The number of nitrogens with zero attached hydrogens (tertiary/aromatic N) is 1. The number of hydrogen-bond donors (Lipinski definition) is 1. The van der Waals surface area contributed by atoms with Crippen LogP contribution in [0.15, 0.2) is 85.1 Å². The van der Waals surface area contributed by atoms with Gasteiger partial charge in [-0.25, -0.2) is 9.78 Å². The summed E-state index contributed by atoms with van der Waals surface area (Å²) in [6.45, 7) is 0. The van der Waals surface area contributed by atoms with E-state index in [0.717, 1.165) is 22.4 Å². The second-order valence-electron chi connectivity index (χ2n) is 7.63. The summed E-state index contributed by atoms with van der Waals surface area (Å²) in [6, 6.07) is 24.9. The molecule has 4 aromatic rings. The molecule has 0 spiro atoms. The minimum Gasteiger partial charge on any atom is -0.454 e. The Morgan fingerprint density at radius 3 is 2.56 bits per heavy atom. The van der Waals surface area contributed by atoms with E-state index in [2.05, 4.69) is 22.4 Å². The van der Waals surface area contributed by atoms with Gasteiger partial charge in [-0.1, -0.05) is 60.7 Å². The molecule has 158 valence electrons. The van der Waals surface area contributed by atoms with Crippen molar-refractivity contribution in [3.8, 4) is 0 Å². The van der Waals surface area contributed by atoms with Gasteiger partial charge in [0.25, 0.3) is 5.91 Å². The molecule has 2 heterocycles. The molecule has 5 rings (SSSR count). The second-order valence-corrected chi connectivity index (χ2v) is 8.74. The fourth-order valence-corrected chi connectivity index (χ4v) is 4.65. The molecular formula is C26H20N2O3S. The maximum Gasteiger partial charge on any atom is 0.339 e. The van der Waals surface area contributed by atoms with Crippen LogP contribution in [0.2, 0.25) is 0 Å². The van der Waals surface area contributed by atoms with Gasteiger partial charge in [-0.15, -0.1) is 11.3 Å². The van der Waals surface area contributed by atoms with E-state index in [0.29, 0.717) is 22.7 Å². The first-order valence-electron chi connectivity index (χ1n) is 10.3. The number of cyclic esters (lactones) is 1. The highest BCUT2D eigenvalue weighted by Gasteiger charge is 2.28. The molecule has 0 unspecified atom stereocenters. The fraction of sp³-hybridized carbons (Fsp3) is 0.115. The summed E-state index contributed by atoms with van der Waals surface area (Å²) in [5.74, 6) is -0.610. The van der Waals surface area contributed by atoms with E-state index < -0.39 is 0 Å². The molecular weight excluding hydrogens is 420 g/mol. The Morgan fingerprint density at radius 1 is 1.03 bits per heavy atom. The van der Waals surface area contributed by atoms with Crippen molar-refractivity contribution in [2.75, 3.05) is 5.32 Å². The molecule has 0 aliphatic carbocycles. The topological polar surface area (TPSA) is 68.3 Å². The third kappa shape index (κ3) is 4.31. The first kappa shape index (κ1) is 20.2. The van der Waals surface area contributed by atoms with Crippen molar-refractivity contribution in [1.29, 1.82) is 0 Å². The largest absolute Gasteiger partial charge is 0.454 e. The Morgan fingerprint density at radius 2 is 1.78 bits per heavy atom. The number of aromatic nitrogens is 1. The Hall–Kier alpha value is -3.77. The molecule has 0 saturated heterocycles. The number of ether oxygens (including phenoxy) is 1. The van der Waals surface area contributed by atoms with Gasteiger partial charge >= 0.3 is 5.97 Å². The molecule has 32 heavy (non-hydrogen) atoms. The fourth-order valence-electron chi connectivity index (χ4n) is 3.80. The zero-order valence-corrected chi connectivity index (χ0v) is 18.0. The van der Waals surface area contributed by atoms with Crippen molar-refractivity contribution < 1.29 is 14.3 Å². The van der Waals surface area contributed by atoms with Crippen LogP contribution in [-0.4, -0.2) is 16.9 Å². The molecule has 1 amide bonds. The summed E-state index contributed by atoms with van der Waals surface area (Å²) < 4.78 is 5.60. The molecule has 0 bridgehead atoms. The number of fused-ring (bicyclic) bond motifs is 1. The van der Waals surface area contributed by atoms with Crippen LogP contribution in [-0.2, 0) is 17.6 Å². The lowest BCUT2D eigenvalue weighted by molar-refractivity contribution is 0.0252. The standard InChI is InChI=1S/C26H20N2O3S/c29-24(28-26-27-16-21(32-26)13-17-7-3-1-4-8-17)19-11-12-22-20(14-19)15-23(31-25(22)30)18-9-5-2-6-10-18/h1-12,14,16,23H,13,15H2,(H,27,28,29)/t23-/m1/s1. The molecule has 0 radical (unpaired) electrons. The molecule has 1 N–H and O–H groups in total. The van der Waals surface area contributed by atoms with Gasteiger partial charge in [0.2, 0.25) is 0 Å². The maximum absolute atomic E-state index is 12.8. The van der Waals surface area contributed by atoms with E-state index in [-0.39, 0.29) is 18.0 Å². The highest BCUT2D eigenvalue weighted by atomic mass is 32.1.